The van der Waals surface area contributed by atoms with Gasteiger partial charge < -0.3 is 4.74 Å². The molecule has 3 nitrogen and oxygen atoms in total. The van der Waals surface area contributed by atoms with E-state index in [1.54, 1.807) is 24.9 Å². The Bertz CT molecular complexity index is 360. The zero-order valence-corrected chi connectivity index (χ0v) is 12.9. The molecule has 0 aliphatic carbocycles. The minimum atomic E-state index is 0.260. The Labute approximate surface area is 121 Å². The summed E-state index contributed by atoms with van der Waals surface area (Å²) in [5.74, 6) is 2.53. The molecule has 2 atom stereocenters. The van der Waals surface area contributed by atoms with Gasteiger partial charge in [-0.2, -0.15) is 0 Å². The SMILES string of the molecule is C#C/C=C\C(=C/C)SC(NC)N1CCCC1COC. The van der Waals surface area contributed by atoms with Gasteiger partial charge in [0.2, 0.25) is 0 Å². The maximum absolute atomic E-state index is 5.31. The fourth-order valence-electron chi connectivity index (χ4n) is 2.29. The molecule has 1 aliphatic rings. The lowest BCUT2D eigenvalue weighted by Crippen LogP contribution is -2.46. The summed E-state index contributed by atoms with van der Waals surface area (Å²) in [4.78, 5) is 3.65. The maximum atomic E-state index is 5.31. The second-order valence-corrected chi connectivity index (χ2v) is 5.59. The fraction of sp³-hybridized carbons (Fsp3) is 0.600. The third-order valence-corrected chi connectivity index (χ3v) is 4.58. The summed E-state index contributed by atoms with van der Waals surface area (Å²) in [5.41, 5.74) is 0.260. The quantitative estimate of drug-likeness (QED) is 0.440. The van der Waals surface area contributed by atoms with Crippen LogP contribution >= 0.6 is 11.8 Å². The molecule has 0 aromatic rings. The van der Waals surface area contributed by atoms with Gasteiger partial charge in [-0.05, 0) is 39.0 Å². The van der Waals surface area contributed by atoms with Crippen molar-refractivity contribution in [1.29, 1.82) is 0 Å². The second-order valence-electron chi connectivity index (χ2n) is 4.44. The smallest absolute Gasteiger partial charge is 0.113 e. The average molecular weight is 280 g/mol. The summed E-state index contributed by atoms with van der Waals surface area (Å²) >= 11 is 1.79. The molecular formula is C15H24N2OS. The number of terminal acetylenes is 1. The van der Waals surface area contributed by atoms with Gasteiger partial charge in [0, 0.05) is 24.6 Å². The van der Waals surface area contributed by atoms with E-state index in [4.69, 9.17) is 11.2 Å². The molecule has 0 amide bonds. The second kappa shape index (κ2) is 9.22. The van der Waals surface area contributed by atoms with Crippen molar-refractivity contribution >= 4 is 11.8 Å². The summed E-state index contributed by atoms with van der Waals surface area (Å²) in [6.45, 7) is 3.94. The Hall–Kier alpha value is -0.730. The molecule has 0 aromatic heterocycles. The van der Waals surface area contributed by atoms with Crippen molar-refractivity contribution in [1.82, 2.24) is 10.2 Å². The monoisotopic (exact) mass is 280 g/mol. The van der Waals surface area contributed by atoms with Crippen molar-refractivity contribution in [2.24, 2.45) is 0 Å². The van der Waals surface area contributed by atoms with Crippen LogP contribution in [0, 0.1) is 12.3 Å². The van der Waals surface area contributed by atoms with Gasteiger partial charge in [0.05, 0.1) is 6.61 Å². The number of allylic oxidation sites excluding steroid dienone is 3. The van der Waals surface area contributed by atoms with Crippen LogP contribution in [-0.4, -0.2) is 43.7 Å². The number of likely N-dealkylation sites (tertiary alicyclic amines) is 1. The minimum Gasteiger partial charge on any atom is -0.383 e. The van der Waals surface area contributed by atoms with Crippen molar-refractivity contribution in [2.75, 3.05) is 27.3 Å². The lowest BCUT2D eigenvalue weighted by Gasteiger charge is -2.32. The van der Waals surface area contributed by atoms with Crippen LogP contribution in [0.2, 0.25) is 0 Å². The van der Waals surface area contributed by atoms with Crippen molar-refractivity contribution < 1.29 is 4.74 Å². The van der Waals surface area contributed by atoms with Crippen molar-refractivity contribution in [3.63, 3.8) is 0 Å². The summed E-state index contributed by atoms with van der Waals surface area (Å²) in [6, 6.07) is 0.504. The molecule has 106 valence electrons. The van der Waals surface area contributed by atoms with Crippen LogP contribution in [0.25, 0.3) is 0 Å². The Morgan fingerprint density at radius 2 is 2.47 bits per heavy atom. The molecule has 0 bridgehead atoms. The third kappa shape index (κ3) is 5.04. The van der Waals surface area contributed by atoms with Crippen molar-refractivity contribution in [3.05, 3.63) is 23.1 Å². The zero-order chi connectivity index (χ0) is 14.1. The lowest BCUT2D eigenvalue weighted by atomic mass is 10.2. The first-order valence-corrected chi connectivity index (χ1v) is 7.52. The standard InChI is InChI=1S/C15H24N2OS/c1-5-7-10-14(6-2)19-15(16-3)17-11-8-9-13(17)12-18-4/h1,6-7,10,13,15-16H,8-9,11-12H2,2-4H3/b10-7-,14-6+. The highest BCUT2D eigenvalue weighted by molar-refractivity contribution is 8.03. The Morgan fingerprint density at radius 3 is 3.05 bits per heavy atom. The number of nitrogens with zero attached hydrogens (tertiary/aromatic N) is 1. The van der Waals surface area contributed by atoms with E-state index in [-0.39, 0.29) is 5.50 Å². The van der Waals surface area contributed by atoms with Gasteiger partial charge in [-0.3, -0.25) is 10.2 Å². The van der Waals surface area contributed by atoms with Gasteiger partial charge in [0.15, 0.2) is 0 Å². The highest BCUT2D eigenvalue weighted by atomic mass is 32.2. The van der Waals surface area contributed by atoms with Gasteiger partial charge in [-0.15, -0.1) is 6.42 Å². The molecule has 0 saturated carbocycles. The van der Waals surface area contributed by atoms with E-state index in [9.17, 15) is 0 Å². The molecule has 1 fully saturated rings. The van der Waals surface area contributed by atoms with Gasteiger partial charge in [-0.1, -0.05) is 23.8 Å². The molecule has 0 radical (unpaired) electrons. The largest absolute Gasteiger partial charge is 0.383 e. The molecule has 2 unspecified atom stereocenters. The van der Waals surface area contributed by atoms with E-state index in [0.29, 0.717) is 6.04 Å². The fourth-order valence-corrected chi connectivity index (χ4v) is 3.36. The first-order valence-electron chi connectivity index (χ1n) is 6.64. The zero-order valence-electron chi connectivity index (χ0n) is 12.1. The number of rotatable bonds is 7. The molecule has 19 heavy (non-hydrogen) atoms. The number of nitrogens with one attached hydrogen (secondary N) is 1. The van der Waals surface area contributed by atoms with E-state index in [2.05, 4.69) is 22.2 Å². The normalized spacial score (nSPS) is 22.8. The number of ether oxygens (including phenoxy) is 1. The first kappa shape index (κ1) is 16.3. The molecule has 1 heterocycles. The molecular weight excluding hydrogens is 256 g/mol. The Morgan fingerprint density at radius 1 is 1.68 bits per heavy atom. The Balaban J connectivity index is 2.66. The predicted molar refractivity (Wildman–Crippen MR) is 83.8 cm³/mol. The van der Waals surface area contributed by atoms with E-state index in [1.807, 2.05) is 20.0 Å². The van der Waals surface area contributed by atoms with Crippen LogP contribution in [0.15, 0.2) is 23.1 Å². The molecule has 1 aliphatic heterocycles. The van der Waals surface area contributed by atoms with E-state index < -0.39 is 0 Å². The topological polar surface area (TPSA) is 24.5 Å². The Kier molecular flexibility index (Phi) is 7.92. The van der Waals surface area contributed by atoms with Crippen LogP contribution in [0.1, 0.15) is 19.8 Å². The summed E-state index contributed by atoms with van der Waals surface area (Å²) in [7, 11) is 3.77. The van der Waals surface area contributed by atoms with Crippen LogP contribution in [0.5, 0.6) is 0 Å². The van der Waals surface area contributed by atoms with E-state index >= 15 is 0 Å². The van der Waals surface area contributed by atoms with Gasteiger partial charge in [-0.25, -0.2) is 0 Å². The lowest BCUT2D eigenvalue weighted by molar-refractivity contribution is 0.104. The van der Waals surface area contributed by atoms with Crippen LogP contribution in [0.4, 0.5) is 0 Å². The molecule has 0 aromatic carbocycles. The number of thioether (sulfide) groups is 1. The van der Waals surface area contributed by atoms with Gasteiger partial charge >= 0.3 is 0 Å². The molecule has 1 rings (SSSR count). The summed E-state index contributed by atoms with van der Waals surface area (Å²) < 4.78 is 5.31. The van der Waals surface area contributed by atoms with Gasteiger partial charge in [0.1, 0.15) is 5.50 Å². The summed E-state index contributed by atoms with van der Waals surface area (Å²) in [5, 5.41) is 3.38. The minimum absolute atomic E-state index is 0.260. The maximum Gasteiger partial charge on any atom is 0.113 e. The van der Waals surface area contributed by atoms with Crippen LogP contribution in [0.3, 0.4) is 0 Å². The molecule has 4 heteroatoms. The van der Waals surface area contributed by atoms with E-state index in [0.717, 1.165) is 13.2 Å². The average Bonchev–Trinajstić information content (AvgIpc) is 2.88. The first-order chi connectivity index (χ1) is 9.26. The number of methoxy groups -OCH3 is 1. The highest BCUT2D eigenvalue weighted by Crippen LogP contribution is 2.29. The molecule has 1 saturated heterocycles. The van der Waals surface area contributed by atoms with Crippen LogP contribution < -0.4 is 5.32 Å². The van der Waals surface area contributed by atoms with Crippen molar-refractivity contribution in [2.45, 2.75) is 31.3 Å². The number of hydrogen-bond donors (Lipinski definition) is 1. The van der Waals surface area contributed by atoms with E-state index in [1.165, 1.54) is 17.7 Å². The van der Waals surface area contributed by atoms with Crippen LogP contribution in [-0.2, 0) is 4.74 Å². The third-order valence-electron chi connectivity index (χ3n) is 3.21. The summed E-state index contributed by atoms with van der Waals surface area (Å²) in [6.07, 6.45) is 13.5. The molecule has 0 spiro atoms. The number of hydrogen-bond acceptors (Lipinski definition) is 4. The predicted octanol–water partition coefficient (Wildman–Crippen LogP) is 2.43. The van der Waals surface area contributed by atoms with Crippen molar-refractivity contribution in [3.8, 4) is 12.3 Å². The van der Waals surface area contributed by atoms with Gasteiger partial charge in [0.25, 0.3) is 0 Å². The highest BCUT2D eigenvalue weighted by Gasteiger charge is 2.30. The molecule has 1 N–H and O–H groups in total.